The Labute approximate surface area is 105 Å². The second-order valence-corrected chi connectivity index (χ2v) is 3.49. The van der Waals surface area contributed by atoms with E-state index in [9.17, 15) is 4.79 Å². The van der Waals surface area contributed by atoms with Crippen LogP contribution in [-0.4, -0.2) is 26.0 Å². The molecule has 0 aromatic carbocycles. The molecular weight excluding hydrogens is 224 g/mol. The molecule has 0 aliphatic rings. The smallest absolute Gasteiger partial charge is 0.223 e. The highest BCUT2D eigenvalue weighted by Gasteiger charge is 2.14. The zero-order valence-electron chi connectivity index (χ0n) is 10.00. The summed E-state index contributed by atoms with van der Waals surface area (Å²) in [6.07, 6.45) is 5.94. The summed E-state index contributed by atoms with van der Waals surface area (Å²) >= 11 is 0. The van der Waals surface area contributed by atoms with E-state index in [0.717, 1.165) is 19.5 Å². The van der Waals surface area contributed by atoms with Crippen LogP contribution in [0.1, 0.15) is 19.3 Å². The van der Waals surface area contributed by atoms with E-state index in [4.69, 9.17) is 0 Å². The molecule has 0 rings (SSSR count). The van der Waals surface area contributed by atoms with Gasteiger partial charge < -0.3 is 10.6 Å². The maximum Gasteiger partial charge on any atom is 0.223 e. The molecule has 3 nitrogen and oxygen atoms in total. The number of amides is 1. The second kappa shape index (κ2) is 12.3. The number of halogens is 1. The second-order valence-electron chi connectivity index (χ2n) is 3.49. The van der Waals surface area contributed by atoms with Crippen LogP contribution >= 0.6 is 12.4 Å². The number of carbonyl (C=O) groups excluding carboxylic acids is 1. The summed E-state index contributed by atoms with van der Waals surface area (Å²) in [6.45, 7) is 8.95. The molecule has 0 aromatic rings. The third-order valence-electron chi connectivity index (χ3n) is 2.18. The van der Waals surface area contributed by atoms with Crippen LogP contribution in [0.4, 0.5) is 0 Å². The van der Waals surface area contributed by atoms with Crippen LogP contribution < -0.4 is 10.6 Å². The molecule has 0 aliphatic heterocycles. The first-order valence-electron chi connectivity index (χ1n) is 5.40. The Morgan fingerprint density at radius 1 is 1.25 bits per heavy atom. The van der Waals surface area contributed by atoms with Crippen molar-refractivity contribution in [2.45, 2.75) is 19.3 Å². The molecular formula is C12H23ClN2O. The Bertz CT molecular complexity index is 197. The summed E-state index contributed by atoms with van der Waals surface area (Å²) in [5.41, 5.74) is 0. The number of hydrogen-bond donors (Lipinski definition) is 2. The number of hydrogen-bond acceptors (Lipinski definition) is 2. The van der Waals surface area contributed by atoms with Crippen molar-refractivity contribution in [1.29, 1.82) is 0 Å². The lowest BCUT2D eigenvalue weighted by Gasteiger charge is -2.13. The molecule has 16 heavy (non-hydrogen) atoms. The Balaban J connectivity index is 0. The topological polar surface area (TPSA) is 41.1 Å². The van der Waals surface area contributed by atoms with Crippen LogP contribution in [0.25, 0.3) is 0 Å². The predicted octanol–water partition coefficient (Wildman–Crippen LogP) is 1.90. The monoisotopic (exact) mass is 246 g/mol. The zero-order valence-corrected chi connectivity index (χ0v) is 10.8. The third kappa shape index (κ3) is 8.50. The van der Waals surface area contributed by atoms with Gasteiger partial charge in [0.15, 0.2) is 0 Å². The van der Waals surface area contributed by atoms with Crippen molar-refractivity contribution in [2.24, 2.45) is 5.92 Å². The van der Waals surface area contributed by atoms with Gasteiger partial charge in [0.2, 0.25) is 5.91 Å². The summed E-state index contributed by atoms with van der Waals surface area (Å²) in [6, 6.07) is 0. The van der Waals surface area contributed by atoms with E-state index in [0.29, 0.717) is 12.8 Å². The fraction of sp³-hybridized carbons (Fsp3) is 0.583. The predicted molar refractivity (Wildman–Crippen MR) is 71.9 cm³/mol. The highest BCUT2D eigenvalue weighted by Crippen LogP contribution is 2.09. The van der Waals surface area contributed by atoms with Crippen molar-refractivity contribution in [2.75, 3.05) is 20.1 Å². The van der Waals surface area contributed by atoms with E-state index in [1.807, 2.05) is 7.05 Å². The molecule has 0 saturated carbocycles. The van der Waals surface area contributed by atoms with Crippen molar-refractivity contribution in [3.63, 3.8) is 0 Å². The number of allylic oxidation sites excluding steroid dienone is 2. The van der Waals surface area contributed by atoms with E-state index < -0.39 is 0 Å². The number of rotatable bonds is 9. The molecule has 0 saturated heterocycles. The molecule has 94 valence electrons. The lowest BCUT2D eigenvalue weighted by Crippen LogP contribution is -2.32. The Morgan fingerprint density at radius 2 is 1.81 bits per heavy atom. The van der Waals surface area contributed by atoms with Crippen LogP contribution in [0.15, 0.2) is 25.3 Å². The molecule has 0 heterocycles. The molecule has 0 bridgehead atoms. The standard InChI is InChI=1S/C12H22N2O.ClH/c1-4-7-11(8-5-2)12(15)14-10-6-9-13-3;/h4-5,11,13H,1-2,6-10H2,3H3,(H,14,15);1H. The summed E-state index contributed by atoms with van der Waals surface area (Å²) in [7, 11) is 1.90. The molecule has 2 N–H and O–H groups in total. The molecule has 0 radical (unpaired) electrons. The largest absolute Gasteiger partial charge is 0.356 e. The van der Waals surface area contributed by atoms with Crippen molar-refractivity contribution < 1.29 is 4.79 Å². The van der Waals surface area contributed by atoms with Gasteiger partial charge in [-0.3, -0.25) is 4.79 Å². The molecule has 0 aliphatic carbocycles. The first-order chi connectivity index (χ1) is 7.26. The molecule has 4 heteroatoms. The van der Waals surface area contributed by atoms with Gasteiger partial charge in [-0.15, -0.1) is 25.6 Å². The summed E-state index contributed by atoms with van der Waals surface area (Å²) in [5.74, 6) is 0.0977. The van der Waals surface area contributed by atoms with Gasteiger partial charge >= 0.3 is 0 Å². The third-order valence-corrected chi connectivity index (χ3v) is 2.18. The van der Waals surface area contributed by atoms with Gasteiger partial charge in [0.05, 0.1) is 0 Å². The number of carbonyl (C=O) groups is 1. The minimum atomic E-state index is -0.00501. The van der Waals surface area contributed by atoms with Gasteiger partial charge in [-0.25, -0.2) is 0 Å². The number of nitrogens with one attached hydrogen (secondary N) is 2. The average Bonchev–Trinajstić information content (AvgIpc) is 2.24. The van der Waals surface area contributed by atoms with Gasteiger partial charge in [0.1, 0.15) is 0 Å². The molecule has 0 spiro atoms. The zero-order chi connectivity index (χ0) is 11.5. The van der Waals surface area contributed by atoms with Gasteiger partial charge in [-0.1, -0.05) is 12.2 Å². The minimum Gasteiger partial charge on any atom is -0.356 e. The van der Waals surface area contributed by atoms with Gasteiger partial charge in [0, 0.05) is 12.5 Å². The Hall–Kier alpha value is -0.800. The first-order valence-corrected chi connectivity index (χ1v) is 5.40. The minimum absolute atomic E-state index is 0. The van der Waals surface area contributed by atoms with E-state index in [-0.39, 0.29) is 24.2 Å². The maximum atomic E-state index is 11.7. The Kier molecular flexibility index (Phi) is 13.5. The first kappa shape index (κ1) is 17.6. The summed E-state index contributed by atoms with van der Waals surface area (Å²) in [4.78, 5) is 11.7. The highest BCUT2D eigenvalue weighted by atomic mass is 35.5. The van der Waals surface area contributed by atoms with Crippen molar-refractivity contribution in [1.82, 2.24) is 10.6 Å². The summed E-state index contributed by atoms with van der Waals surface area (Å²) in [5, 5.41) is 5.95. The van der Waals surface area contributed by atoms with Crippen LogP contribution in [0, 0.1) is 5.92 Å². The van der Waals surface area contributed by atoms with Gasteiger partial charge in [0.25, 0.3) is 0 Å². The molecule has 0 unspecified atom stereocenters. The molecule has 0 atom stereocenters. The normalized spacial score (nSPS) is 9.38. The molecule has 0 fully saturated rings. The maximum absolute atomic E-state index is 11.7. The Morgan fingerprint density at radius 3 is 2.25 bits per heavy atom. The van der Waals surface area contributed by atoms with Gasteiger partial charge in [-0.2, -0.15) is 0 Å². The highest BCUT2D eigenvalue weighted by molar-refractivity contribution is 5.85. The average molecular weight is 247 g/mol. The van der Waals surface area contributed by atoms with Crippen molar-refractivity contribution in [3.8, 4) is 0 Å². The van der Waals surface area contributed by atoms with E-state index in [1.54, 1.807) is 12.2 Å². The quantitative estimate of drug-likeness (QED) is 0.482. The fourth-order valence-corrected chi connectivity index (χ4v) is 1.33. The van der Waals surface area contributed by atoms with E-state index >= 15 is 0 Å². The van der Waals surface area contributed by atoms with E-state index in [1.165, 1.54) is 0 Å². The van der Waals surface area contributed by atoms with Crippen molar-refractivity contribution in [3.05, 3.63) is 25.3 Å². The lowest BCUT2D eigenvalue weighted by atomic mass is 10.0. The van der Waals surface area contributed by atoms with Gasteiger partial charge in [-0.05, 0) is 32.9 Å². The lowest BCUT2D eigenvalue weighted by molar-refractivity contribution is -0.124. The molecule has 1 amide bonds. The van der Waals surface area contributed by atoms with Crippen molar-refractivity contribution >= 4 is 18.3 Å². The van der Waals surface area contributed by atoms with Crippen LogP contribution in [-0.2, 0) is 4.79 Å². The van der Waals surface area contributed by atoms with Crippen LogP contribution in [0.2, 0.25) is 0 Å². The van der Waals surface area contributed by atoms with Crippen LogP contribution in [0.3, 0.4) is 0 Å². The summed E-state index contributed by atoms with van der Waals surface area (Å²) < 4.78 is 0. The fourth-order valence-electron chi connectivity index (χ4n) is 1.33. The van der Waals surface area contributed by atoms with E-state index in [2.05, 4.69) is 23.8 Å². The van der Waals surface area contributed by atoms with Crippen LogP contribution in [0.5, 0.6) is 0 Å². The molecule has 0 aromatic heterocycles. The SMILES string of the molecule is C=CCC(CC=C)C(=O)NCCCNC.Cl.